The maximum absolute atomic E-state index is 13.2. The molecule has 2 amide bonds. The van der Waals surface area contributed by atoms with Gasteiger partial charge in [0.25, 0.3) is 17.6 Å². The van der Waals surface area contributed by atoms with Gasteiger partial charge in [0, 0.05) is 44.9 Å². The quantitative estimate of drug-likeness (QED) is 0.401. The van der Waals surface area contributed by atoms with Crippen LogP contribution in [0.3, 0.4) is 0 Å². The average molecular weight is 530 g/mol. The summed E-state index contributed by atoms with van der Waals surface area (Å²) in [5.41, 5.74) is 8.36. The number of benzene rings is 1. The van der Waals surface area contributed by atoms with Crippen molar-refractivity contribution in [2.75, 3.05) is 52.2 Å². The summed E-state index contributed by atoms with van der Waals surface area (Å²) in [6.45, 7) is 10.4. The van der Waals surface area contributed by atoms with E-state index in [4.69, 9.17) is 22.1 Å². The van der Waals surface area contributed by atoms with Crippen molar-refractivity contribution >= 4 is 40.3 Å². The van der Waals surface area contributed by atoms with Crippen LogP contribution in [-0.2, 0) is 24.4 Å². The van der Waals surface area contributed by atoms with Crippen LogP contribution in [0.4, 0.5) is 5.82 Å². The number of morpholine rings is 1. The molecule has 0 bridgehead atoms. The molecule has 2 aromatic heterocycles. The second-order valence-electron chi connectivity index (χ2n) is 8.90. The number of amides is 2. The number of carbonyl (C=O) groups is 2. The maximum atomic E-state index is 13.2. The van der Waals surface area contributed by atoms with Gasteiger partial charge >= 0.3 is 0 Å². The van der Waals surface area contributed by atoms with Crippen LogP contribution in [0.2, 0.25) is 5.15 Å². The minimum atomic E-state index is -0.458. The number of likely N-dealkylation sites (N-methyl/N-ethyl adjacent to an activating group) is 1. The number of nitrogens with one attached hydrogen (secondary N) is 1. The Labute approximate surface area is 221 Å². The number of nitrogens with zero attached hydrogens (tertiary/aromatic N) is 6. The van der Waals surface area contributed by atoms with Gasteiger partial charge in [0.1, 0.15) is 11.7 Å². The predicted octanol–water partition coefficient (Wildman–Crippen LogP) is 1.33. The van der Waals surface area contributed by atoms with Crippen molar-refractivity contribution in [3.63, 3.8) is 0 Å². The molecule has 1 saturated heterocycles. The molecule has 1 aromatic carbocycles. The molecule has 1 fully saturated rings. The number of rotatable bonds is 9. The number of anilines is 1. The third-order valence-corrected chi connectivity index (χ3v) is 6.84. The molecule has 1 aliphatic heterocycles. The second kappa shape index (κ2) is 11.8. The molecule has 3 aromatic rings. The molecule has 1 aliphatic rings. The Hall–Kier alpha value is -3.28. The molecule has 0 atom stereocenters. The molecule has 37 heavy (non-hydrogen) atoms. The van der Waals surface area contributed by atoms with E-state index < -0.39 is 5.91 Å². The summed E-state index contributed by atoms with van der Waals surface area (Å²) < 4.78 is 9.64. The zero-order chi connectivity index (χ0) is 26.5. The fourth-order valence-electron chi connectivity index (χ4n) is 4.65. The van der Waals surface area contributed by atoms with Crippen LogP contribution in [0.1, 0.15) is 40.5 Å². The number of carbonyl (C=O) groups excluding carboxylic acids is 2. The first-order valence-corrected chi connectivity index (χ1v) is 12.9. The summed E-state index contributed by atoms with van der Waals surface area (Å²) in [6.07, 6.45) is 1.30. The molecule has 0 aliphatic carbocycles. The van der Waals surface area contributed by atoms with Crippen molar-refractivity contribution in [3.05, 3.63) is 46.6 Å². The lowest BCUT2D eigenvalue weighted by Gasteiger charge is -2.28. The fraction of sp³-hybridized carbons (Fsp3) is 0.480. The number of hydrogen-bond donors (Lipinski definition) is 2. The SMILES string of the molecule is CCn1c(CNC(=O)c2nc(Cl)cnc2N)[n+](CC)c2ccc(C(=O)N(C)CCN3CCOCC3)cc21. The highest BCUT2D eigenvalue weighted by Crippen LogP contribution is 2.19. The number of halogens is 1. The molecule has 11 nitrogen and oxygen atoms in total. The Kier molecular flexibility index (Phi) is 8.57. The van der Waals surface area contributed by atoms with Gasteiger partial charge in [-0.25, -0.2) is 19.1 Å². The van der Waals surface area contributed by atoms with Gasteiger partial charge in [0.05, 0.1) is 32.5 Å². The Bertz CT molecular complexity index is 1290. The van der Waals surface area contributed by atoms with Crippen molar-refractivity contribution < 1.29 is 18.9 Å². The van der Waals surface area contributed by atoms with Gasteiger partial charge in [-0.2, -0.15) is 0 Å². The van der Waals surface area contributed by atoms with Crippen LogP contribution >= 0.6 is 11.6 Å². The van der Waals surface area contributed by atoms with E-state index in [1.165, 1.54) is 6.20 Å². The number of fused-ring (bicyclic) bond motifs is 1. The second-order valence-corrected chi connectivity index (χ2v) is 9.29. The first-order valence-electron chi connectivity index (χ1n) is 12.5. The summed E-state index contributed by atoms with van der Waals surface area (Å²) in [7, 11) is 1.84. The molecular formula is C25H34ClN8O3+. The largest absolute Gasteiger partial charge is 0.382 e. The molecule has 12 heteroatoms. The fourth-order valence-corrected chi connectivity index (χ4v) is 4.78. The van der Waals surface area contributed by atoms with E-state index in [1.54, 1.807) is 4.90 Å². The summed E-state index contributed by atoms with van der Waals surface area (Å²) >= 11 is 5.89. The highest BCUT2D eigenvalue weighted by atomic mass is 35.5. The van der Waals surface area contributed by atoms with Crippen LogP contribution in [0.25, 0.3) is 11.0 Å². The van der Waals surface area contributed by atoms with Crippen LogP contribution in [0, 0.1) is 0 Å². The Morgan fingerprint density at radius 1 is 1.27 bits per heavy atom. The summed E-state index contributed by atoms with van der Waals surface area (Å²) in [5, 5.41) is 2.98. The zero-order valence-corrected chi connectivity index (χ0v) is 22.3. The van der Waals surface area contributed by atoms with Crippen LogP contribution in [0.5, 0.6) is 0 Å². The topological polar surface area (TPSA) is 122 Å². The van der Waals surface area contributed by atoms with Gasteiger partial charge in [-0.05, 0) is 26.0 Å². The van der Waals surface area contributed by atoms with Crippen molar-refractivity contribution in [1.82, 2.24) is 29.7 Å². The molecular weight excluding hydrogens is 496 g/mol. The first kappa shape index (κ1) is 26.8. The highest BCUT2D eigenvalue weighted by Gasteiger charge is 2.26. The van der Waals surface area contributed by atoms with E-state index in [9.17, 15) is 9.59 Å². The molecule has 4 rings (SSSR count). The van der Waals surface area contributed by atoms with Gasteiger partial charge in [-0.3, -0.25) is 14.5 Å². The van der Waals surface area contributed by atoms with Gasteiger partial charge in [0.2, 0.25) is 0 Å². The predicted molar refractivity (Wildman–Crippen MR) is 140 cm³/mol. The molecule has 0 spiro atoms. The number of ether oxygens (including phenoxy) is 1. The van der Waals surface area contributed by atoms with E-state index in [1.807, 2.05) is 39.1 Å². The highest BCUT2D eigenvalue weighted by molar-refractivity contribution is 6.29. The molecule has 0 radical (unpaired) electrons. The van der Waals surface area contributed by atoms with E-state index >= 15 is 0 Å². The van der Waals surface area contributed by atoms with Gasteiger partial charge in [-0.1, -0.05) is 11.6 Å². The standard InChI is InChI=1S/C25H33ClN8O3/c1-4-33-18-7-6-17(25(36)31(3)8-9-32-10-12-37-13-11-32)14-19(18)34(5-2)21(33)16-29-24(35)22-23(27)28-15-20(26)30-22/h6-7,14-15H,4-5,8-13,16H2,1-3H3,(H2-,27,28,29,35)/p+1. The van der Waals surface area contributed by atoms with Crippen molar-refractivity contribution in [3.8, 4) is 0 Å². The molecule has 3 N–H and O–H groups in total. The number of aryl methyl sites for hydroxylation is 2. The minimum absolute atomic E-state index is 0.0114. The zero-order valence-electron chi connectivity index (χ0n) is 21.5. The third kappa shape index (κ3) is 5.84. The Morgan fingerprint density at radius 3 is 2.73 bits per heavy atom. The Morgan fingerprint density at radius 2 is 2.03 bits per heavy atom. The number of nitrogens with two attached hydrogens (primary N) is 1. The molecule has 0 saturated carbocycles. The van der Waals surface area contributed by atoms with Gasteiger partial charge in [-0.15, -0.1) is 0 Å². The lowest BCUT2D eigenvalue weighted by atomic mass is 10.1. The smallest absolute Gasteiger partial charge is 0.277 e. The lowest BCUT2D eigenvalue weighted by molar-refractivity contribution is -0.676. The minimum Gasteiger partial charge on any atom is -0.382 e. The lowest BCUT2D eigenvalue weighted by Crippen LogP contribution is -2.42. The van der Waals surface area contributed by atoms with Gasteiger partial charge in [0.15, 0.2) is 22.5 Å². The summed E-state index contributed by atoms with van der Waals surface area (Å²) in [4.78, 5) is 38.0. The first-order chi connectivity index (χ1) is 17.8. The monoisotopic (exact) mass is 529 g/mol. The number of hydrogen-bond acceptors (Lipinski definition) is 7. The summed E-state index contributed by atoms with van der Waals surface area (Å²) in [6, 6.07) is 5.77. The number of nitrogen functional groups attached to an aromatic ring is 1. The molecule has 3 heterocycles. The van der Waals surface area contributed by atoms with Crippen molar-refractivity contribution in [2.45, 2.75) is 33.5 Å². The Balaban J connectivity index is 1.55. The van der Waals surface area contributed by atoms with Crippen LogP contribution in [-0.4, -0.2) is 82.6 Å². The van der Waals surface area contributed by atoms with Gasteiger partial charge < -0.3 is 20.7 Å². The third-order valence-electron chi connectivity index (χ3n) is 6.66. The normalized spacial score (nSPS) is 14.2. The number of aromatic nitrogens is 4. The van der Waals surface area contributed by atoms with Crippen LogP contribution < -0.4 is 15.6 Å². The summed E-state index contributed by atoms with van der Waals surface area (Å²) in [5.74, 6) is 0.433. The molecule has 198 valence electrons. The van der Waals surface area contributed by atoms with E-state index in [0.29, 0.717) is 25.2 Å². The maximum Gasteiger partial charge on any atom is 0.277 e. The average Bonchev–Trinajstić information content (AvgIpc) is 3.23. The van der Waals surface area contributed by atoms with Crippen molar-refractivity contribution in [2.24, 2.45) is 0 Å². The van der Waals surface area contributed by atoms with E-state index in [-0.39, 0.29) is 29.1 Å². The van der Waals surface area contributed by atoms with E-state index in [2.05, 4.69) is 29.3 Å². The van der Waals surface area contributed by atoms with Crippen molar-refractivity contribution in [1.29, 1.82) is 0 Å². The number of imidazole rings is 1. The molecule has 0 unspecified atom stereocenters. The van der Waals surface area contributed by atoms with Crippen LogP contribution in [0.15, 0.2) is 24.4 Å². The van der Waals surface area contributed by atoms with E-state index in [0.717, 1.165) is 49.7 Å².